The highest BCUT2D eigenvalue weighted by atomic mass is 14.8. The summed E-state index contributed by atoms with van der Waals surface area (Å²) in [6, 6.07) is 65.5. The van der Waals surface area contributed by atoms with Crippen LogP contribution in [0.5, 0.6) is 0 Å². The second kappa shape index (κ2) is 10.8. The van der Waals surface area contributed by atoms with Gasteiger partial charge in [0.05, 0.1) is 27.8 Å². The molecule has 0 unspecified atom stereocenters. The highest BCUT2D eigenvalue weighted by Gasteiger charge is 2.46. The normalized spacial score (nSPS) is 13.1. The van der Waals surface area contributed by atoms with Crippen LogP contribution < -0.4 is 0 Å². The Morgan fingerprint density at radius 3 is 1.80 bits per heavy atom. The van der Waals surface area contributed by atoms with Gasteiger partial charge in [0.15, 0.2) is 0 Å². The largest absolute Gasteiger partial charge is 0.244 e. The van der Waals surface area contributed by atoms with Gasteiger partial charge in [-0.1, -0.05) is 170 Å². The van der Waals surface area contributed by atoms with Gasteiger partial charge < -0.3 is 0 Å². The van der Waals surface area contributed by atoms with E-state index in [1.807, 2.05) is 6.07 Å². The number of benzene rings is 8. The number of rotatable bonds is 4. The molecule has 49 heavy (non-hydrogen) atoms. The summed E-state index contributed by atoms with van der Waals surface area (Å²) < 4.78 is 0. The first-order valence-electron chi connectivity index (χ1n) is 16.8. The molecular weight excluding hydrogens is 593 g/mol. The van der Waals surface area contributed by atoms with E-state index in [1.54, 1.807) is 0 Å². The zero-order chi connectivity index (χ0) is 32.4. The number of hydrogen-bond donors (Lipinski definition) is 0. The Bertz CT molecular complexity index is 2660. The third-order valence-corrected chi connectivity index (χ3v) is 10.3. The first kappa shape index (κ1) is 27.7. The molecule has 2 heteroatoms. The summed E-state index contributed by atoms with van der Waals surface area (Å²) in [5, 5.41) is 4.69. The number of nitrogens with zero attached hydrogens (tertiary/aromatic N) is 2. The van der Waals surface area contributed by atoms with Crippen molar-refractivity contribution in [2.45, 2.75) is 5.41 Å². The fourth-order valence-electron chi connectivity index (χ4n) is 8.22. The summed E-state index contributed by atoms with van der Waals surface area (Å²) in [7, 11) is 0. The molecule has 0 fully saturated rings. The standard InChI is InChI=1S/C47H30N2/c1-4-15-32(16-5-1)44-45(49-46-38-21-11-10-14-31(38)26-29-42(46)48-44)34-25-27-37-33(30-34)24-28-40-39-22-12-13-23-41(39)47(43(37)40,35-17-6-2-7-18-35)36-19-8-3-9-20-36/h1-30H. The third kappa shape index (κ3) is 4.07. The monoisotopic (exact) mass is 622 g/mol. The van der Waals surface area contributed by atoms with Crippen molar-refractivity contribution < 1.29 is 0 Å². The van der Waals surface area contributed by atoms with Crippen LogP contribution in [-0.4, -0.2) is 9.97 Å². The van der Waals surface area contributed by atoms with Crippen LogP contribution in [-0.2, 0) is 5.41 Å². The highest BCUT2D eigenvalue weighted by molar-refractivity contribution is 6.06. The average Bonchev–Trinajstić information content (AvgIpc) is 3.49. The predicted octanol–water partition coefficient (Wildman–Crippen LogP) is 11.6. The van der Waals surface area contributed by atoms with Crippen LogP contribution in [0.25, 0.3) is 66.2 Å². The molecule has 1 aromatic heterocycles. The van der Waals surface area contributed by atoms with E-state index in [-0.39, 0.29) is 0 Å². The quantitative estimate of drug-likeness (QED) is 0.183. The van der Waals surface area contributed by atoms with E-state index in [9.17, 15) is 0 Å². The Hall–Kier alpha value is -6.38. The Balaban J connectivity index is 1.27. The van der Waals surface area contributed by atoms with Gasteiger partial charge in [-0.3, -0.25) is 0 Å². The van der Waals surface area contributed by atoms with E-state index < -0.39 is 5.41 Å². The maximum absolute atomic E-state index is 5.42. The van der Waals surface area contributed by atoms with Crippen LogP contribution in [0, 0.1) is 0 Å². The molecule has 2 nitrogen and oxygen atoms in total. The van der Waals surface area contributed by atoms with E-state index >= 15 is 0 Å². The zero-order valence-corrected chi connectivity index (χ0v) is 26.7. The van der Waals surface area contributed by atoms with Crippen LogP contribution >= 0.6 is 0 Å². The fraction of sp³-hybridized carbons (Fsp3) is 0.0213. The molecule has 1 aliphatic rings. The molecule has 1 heterocycles. The van der Waals surface area contributed by atoms with Crippen molar-refractivity contribution in [2.75, 3.05) is 0 Å². The first-order valence-corrected chi connectivity index (χ1v) is 16.8. The molecule has 0 atom stereocenters. The van der Waals surface area contributed by atoms with E-state index in [4.69, 9.17) is 9.97 Å². The Morgan fingerprint density at radius 1 is 0.388 bits per heavy atom. The van der Waals surface area contributed by atoms with E-state index in [1.165, 1.54) is 44.2 Å². The van der Waals surface area contributed by atoms with Crippen molar-refractivity contribution in [3.63, 3.8) is 0 Å². The minimum absolute atomic E-state index is 0.466. The lowest BCUT2D eigenvalue weighted by Gasteiger charge is -2.34. The van der Waals surface area contributed by atoms with Crippen LogP contribution in [0.3, 0.4) is 0 Å². The second-order valence-electron chi connectivity index (χ2n) is 12.9. The molecular formula is C47H30N2. The molecule has 0 amide bonds. The van der Waals surface area contributed by atoms with E-state index in [2.05, 4.69) is 176 Å². The SMILES string of the molecule is c1ccc(-c2nc3ccc4ccccc4c3nc2-c2ccc3c4c(ccc3c2)-c2ccccc2C4(c2ccccc2)c2ccccc2)cc1. The van der Waals surface area contributed by atoms with Gasteiger partial charge in [-0.2, -0.15) is 0 Å². The molecule has 8 aromatic carbocycles. The van der Waals surface area contributed by atoms with Crippen LogP contribution in [0.1, 0.15) is 22.3 Å². The van der Waals surface area contributed by atoms with Crippen molar-refractivity contribution in [1.82, 2.24) is 9.97 Å². The molecule has 0 saturated carbocycles. The molecule has 0 radical (unpaired) electrons. The minimum atomic E-state index is -0.466. The Labute approximate surface area is 285 Å². The van der Waals surface area contributed by atoms with Gasteiger partial charge in [-0.05, 0) is 61.7 Å². The summed E-state index contributed by atoms with van der Waals surface area (Å²) in [6.45, 7) is 0. The lowest BCUT2D eigenvalue weighted by Crippen LogP contribution is -2.28. The van der Waals surface area contributed by atoms with E-state index in [0.29, 0.717) is 0 Å². The van der Waals surface area contributed by atoms with Gasteiger partial charge in [-0.25, -0.2) is 9.97 Å². The van der Waals surface area contributed by atoms with Gasteiger partial charge in [-0.15, -0.1) is 0 Å². The Morgan fingerprint density at radius 2 is 1.02 bits per heavy atom. The average molecular weight is 623 g/mol. The molecule has 0 N–H and O–H groups in total. The molecule has 0 bridgehead atoms. The smallest absolute Gasteiger partial charge is 0.0973 e. The summed E-state index contributed by atoms with van der Waals surface area (Å²) in [6.07, 6.45) is 0. The molecule has 10 rings (SSSR count). The first-order chi connectivity index (χ1) is 24.3. The maximum atomic E-state index is 5.42. The van der Waals surface area contributed by atoms with Crippen LogP contribution in [0.15, 0.2) is 182 Å². The van der Waals surface area contributed by atoms with Gasteiger partial charge in [0, 0.05) is 16.5 Å². The van der Waals surface area contributed by atoms with Crippen molar-refractivity contribution in [3.05, 3.63) is 204 Å². The zero-order valence-electron chi connectivity index (χ0n) is 26.7. The third-order valence-electron chi connectivity index (χ3n) is 10.3. The molecule has 228 valence electrons. The van der Waals surface area contributed by atoms with Gasteiger partial charge in [0.2, 0.25) is 0 Å². The lowest BCUT2D eigenvalue weighted by molar-refractivity contribution is 0.775. The van der Waals surface area contributed by atoms with Crippen molar-refractivity contribution >= 4 is 32.6 Å². The second-order valence-corrected chi connectivity index (χ2v) is 12.9. The number of aromatic nitrogens is 2. The molecule has 1 aliphatic carbocycles. The summed E-state index contributed by atoms with van der Waals surface area (Å²) in [4.78, 5) is 10.7. The molecule has 0 spiro atoms. The van der Waals surface area contributed by atoms with Gasteiger partial charge in [0.25, 0.3) is 0 Å². The molecule has 9 aromatic rings. The van der Waals surface area contributed by atoms with Crippen molar-refractivity contribution in [3.8, 4) is 33.6 Å². The van der Waals surface area contributed by atoms with Crippen LogP contribution in [0.4, 0.5) is 0 Å². The number of hydrogen-bond acceptors (Lipinski definition) is 2. The van der Waals surface area contributed by atoms with Crippen molar-refractivity contribution in [2.24, 2.45) is 0 Å². The summed E-state index contributed by atoms with van der Waals surface area (Å²) in [5.41, 5.74) is 13.0. The fourth-order valence-corrected chi connectivity index (χ4v) is 8.22. The van der Waals surface area contributed by atoms with Gasteiger partial charge in [0.1, 0.15) is 0 Å². The lowest BCUT2D eigenvalue weighted by atomic mass is 9.66. The molecule has 0 aliphatic heterocycles. The number of fused-ring (bicyclic) bond motifs is 8. The van der Waals surface area contributed by atoms with Gasteiger partial charge >= 0.3 is 0 Å². The molecule has 0 saturated heterocycles. The van der Waals surface area contributed by atoms with Crippen molar-refractivity contribution in [1.29, 1.82) is 0 Å². The van der Waals surface area contributed by atoms with E-state index in [0.717, 1.165) is 44.3 Å². The minimum Gasteiger partial charge on any atom is -0.244 e. The topological polar surface area (TPSA) is 25.8 Å². The highest BCUT2D eigenvalue weighted by Crippen LogP contribution is 2.58. The van der Waals surface area contributed by atoms with Crippen LogP contribution in [0.2, 0.25) is 0 Å². The summed E-state index contributed by atoms with van der Waals surface area (Å²) >= 11 is 0. The predicted molar refractivity (Wildman–Crippen MR) is 203 cm³/mol. The summed E-state index contributed by atoms with van der Waals surface area (Å²) in [5.74, 6) is 0. The maximum Gasteiger partial charge on any atom is 0.0973 e. The Kier molecular flexibility index (Phi) is 6.13.